The number of carbonyl (C=O) groups is 1. The number of allylic oxidation sites excluding steroid dienone is 1. The first-order valence-electron chi connectivity index (χ1n) is 9.83. The molecule has 0 aliphatic rings. The van der Waals surface area contributed by atoms with Gasteiger partial charge in [-0.3, -0.25) is 0 Å². The van der Waals surface area contributed by atoms with Crippen LogP contribution in [0.5, 0.6) is 0 Å². The van der Waals surface area contributed by atoms with Crippen LogP contribution < -0.4 is 0 Å². The Balaban J connectivity index is 2.17. The van der Waals surface area contributed by atoms with E-state index in [0.29, 0.717) is 23.6 Å². The highest BCUT2D eigenvalue weighted by Gasteiger charge is 2.22. The number of carboxylic acids is 1. The third-order valence-corrected chi connectivity index (χ3v) is 6.02. The summed E-state index contributed by atoms with van der Waals surface area (Å²) in [5.74, 6) is 0.0450. The lowest BCUT2D eigenvalue weighted by molar-refractivity contribution is -0.130. The van der Waals surface area contributed by atoms with Crippen LogP contribution >= 0.6 is 22.9 Å². The van der Waals surface area contributed by atoms with Crippen molar-refractivity contribution in [3.8, 4) is 0 Å². The molecule has 0 spiro atoms. The van der Waals surface area contributed by atoms with E-state index in [-0.39, 0.29) is 0 Å². The number of unbranched alkanes of at least 4 members (excludes halogenated alkanes) is 1. The third-order valence-electron chi connectivity index (χ3n) is 4.97. The van der Waals surface area contributed by atoms with Gasteiger partial charge in [0.25, 0.3) is 0 Å². The molecule has 1 N–H and O–H groups in total. The third kappa shape index (κ3) is 4.80. The molecule has 0 saturated heterocycles. The first-order chi connectivity index (χ1) is 14.1. The van der Waals surface area contributed by atoms with Crippen LogP contribution in [0.4, 0.5) is 0 Å². The summed E-state index contributed by atoms with van der Waals surface area (Å²) in [6.45, 7) is 4.70. The number of rotatable bonds is 9. The summed E-state index contributed by atoms with van der Waals surface area (Å²) < 4.78 is 2.13. The minimum absolute atomic E-state index is 0.344. The summed E-state index contributed by atoms with van der Waals surface area (Å²) in [6, 6.07) is 9.62. The Morgan fingerprint density at radius 3 is 2.66 bits per heavy atom. The molecule has 4 nitrogen and oxygen atoms in total. The fourth-order valence-electron chi connectivity index (χ4n) is 3.48. The lowest BCUT2D eigenvalue weighted by Gasteiger charge is -2.16. The Morgan fingerprint density at radius 2 is 2.03 bits per heavy atom. The van der Waals surface area contributed by atoms with Crippen molar-refractivity contribution in [2.75, 3.05) is 0 Å². The van der Waals surface area contributed by atoms with Gasteiger partial charge in [-0.1, -0.05) is 50.1 Å². The Bertz CT molecular complexity index is 1010. The second kappa shape index (κ2) is 9.90. The number of benzene rings is 1. The van der Waals surface area contributed by atoms with E-state index in [9.17, 15) is 9.90 Å². The molecule has 3 rings (SSSR count). The highest BCUT2D eigenvalue weighted by atomic mass is 35.5. The molecule has 2 aromatic heterocycles. The van der Waals surface area contributed by atoms with E-state index in [1.807, 2.05) is 54.2 Å². The van der Waals surface area contributed by atoms with Crippen LogP contribution in [0.3, 0.4) is 0 Å². The number of aryl methyl sites for hydroxylation is 1. The molecule has 152 valence electrons. The molecule has 0 radical (unpaired) electrons. The van der Waals surface area contributed by atoms with Gasteiger partial charge >= 0.3 is 5.97 Å². The van der Waals surface area contributed by atoms with E-state index in [4.69, 9.17) is 11.6 Å². The fraction of sp³-hybridized carbons (Fsp3) is 0.304. The highest BCUT2D eigenvalue weighted by Crippen LogP contribution is 2.32. The maximum Gasteiger partial charge on any atom is 0.336 e. The summed E-state index contributed by atoms with van der Waals surface area (Å²) in [5.41, 5.74) is 3.71. The van der Waals surface area contributed by atoms with Crippen LogP contribution in [0, 0.1) is 0 Å². The molecule has 0 aliphatic carbocycles. The van der Waals surface area contributed by atoms with Gasteiger partial charge in [0.05, 0.1) is 24.0 Å². The van der Waals surface area contributed by atoms with Crippen molar-refractivity contribution in [1.29, 1.82) is 0 Å². The summed E-state index contributed by atoms with van der Waals surface area (Å²) in [5, 5.41) is 14.5. The van der Waals surface area contributed by atoms with Gasteiger partial charge in [-0.2, -0.15) is 11.3 Å². The first-order valence-corrected chi connectivity index (χ1v) is 11.2. The van der Waals surface area contributed by atoms with Crippen molar-refractivity contribution in [1.82, 2.24) is 9.55 Å². The monoisotopic (exact) mass is 428 g/mol. The van der Waals surface area contributed by atoms with Crippen LogP contribution in [0.1, 0.15) is 55.8 Å². The Kier molecular flexibility index (Phi) is 7.29. The van der Waals surface area contributed by atoms with E-state index < -0.39 is 5.97 Å². The van der Waals surface area contributed by atoms with E-state index in [0.717, 1.165) is 47.5 Å². The molecule has 0 saturated carbocycles. The summed E-state index contributed by atoms with van der Waals surface area (Å²) in [7, 11) is 0. The van der Waals surface area contributed by atoms with Crippen molar-refractivity contribution in [2.45, 2.75) is 46.1 Å². The number of imidazole rings is 1. The smallest absolute Gasteiger partial charge is 0.336 e. The van der Waals surface area contributed by atoms with E-state index >= 15 is 0 Å². The molecule has 6 heteroatoms. The predicted octanol–water partition coefficient (Wildman–Crippen LogP) is 6.39. The van der Waals surface area contributed by atoms with Crippen LogP contribution in [0.2, 0.25) is 5.02 Å². The number of hydrogen-bond acceptors (Lipinski definition) is 3. The van der Waals surface area contributed by atoms with Crippen molar-refractivity contribution < 1.29 is 9.90 Å². The second-order valence-corrected chi connectivity index (χ2v) is 8.05. The summed E-state index contributed by atoms with van der Waals surface area (Å²) in [4.78, 5) is 16.8. The number of halogens is 1. The molecule has 29 heavy (non-hydrogen) atoms. The quantitative estimate of drug-likeness (QED) is 0.401. The van der Waals surface area contributed by atoms with Crippen molar-refractivity contribution >= 4 is 40.1 Å². The number of hydrogen-bond donors (Lipinski definition) is 1. The molecule has 0 atom stereocenters. The van der Waals surface area contributed by atoms with Gasteiger partial charge in [0.2, 0.25) is 0 Å². The molecule has 0 bridgehead atoms. The predicted molar refractivity (Wildman–Crippen MR) is 120 cm³/mol. The van der Waals surface area contributed by atoms with Gasteiger partial charge in [0.15, 0.2) is 0 Å². The topological polar surface area (TPSA) is 55.1 Å². The highest BCUT2D eigenvalue weighted by molar-refractivity contribution is 7.08. The van der Waals surface area contributed by atoms with Gasteiger partial charge in [0, 0.05) is 11.4 Å². The van der Waals surface area contributed by atoms with Crippen molar-refractivity contribution in [3.05, 3.63) is 75.0 Å². The van der Waals surface area contributed by atoms with Crippen molar-refractivity contribution in [2.24, 2.45) is 0 Å². The molecule has 0 aliphatic heterocycles. The summed E-state index contributed by atoms with van der Waals surface area (Å²) >= 11 is 7.92. The largest absolute Gasteiger partial charge is 0.478 e. The number of aromatic nitrogens is 2. The number of nitrogens with zero attached hydrogens (tertiary/aromatic N) is 2. The maximum absolute atomic E-state index is 12.2. The minimum Gasteiger partial charge on any atom is -0.478 e. The van der Waals surface area contributed by atoms with Crippen LogP contribution in [-0.4, -0.2) is 20.6 Å². The molecular weight excluding hydrogens is 404 g/mol. The van der Waals surface area contributed by atoms with Gasteiger partial charge in [0.1, 0.15) is 5.82 Å². The number of thiophene rings is 1. The lowest BCUT2D eigenvalue weighted by Crippen LogP contribution is -2.11. The average Bonchev–Trinajstić information content (AvgIpc) is 3.36. The molecule has 0 unspecified atom stereocenters. The first kappa shape index (κ1) is 21.3. The van der Waals surface area contributed by atoms with Gasteiger partial charge in [-0.25, -0.2) is 9.78 Å². The Labute approximate surface area is 180 Å². The maximum atomic E-state index is 12.2. The zero-order valence-corrected chi connectivity index (χ0v) is 18.3. The Hall–Kier alpha value is -2.37. The zero-order chi connectivity index (χ0) is 20.8. The molecule has 0 amide bonds. The lowest BCUT2D eigenvalue weighted by atomic mass is 9.98. The van der Waals surface area contributed by atoms with Gasteiger partial charge < -0.3 is 9.67 Å². The molecule has 2 heterocycles. The molecular formula is C23H25ClN2O2S. The minimum atomic E-state index is -0.916. The van der Waals surface area contributed by atoms with E-state index in [2.05, 4.69) is 16.5 Å². The van der Waals surface area contributed by atoms with E-state index in [1.54, 1.807) is 0 Å². The van der Waals surface area contributed by atoms with Crippen molar-refractivity contribution in [3.63, 3.8) is 0 Å². The molecule has 1 aromatic carbocycles. The summed E-state index contributed by atoms with van der Waals surface area (Å²) in [6.07, 6.45) is 5.36. The zero-order valence-electron chi connectivity index (χ0n) is 16.7. The number of carboxylic acid groups (broad SMARTS) is 1. The fourth-order valence-corrected chi connectivity index (χ4v) is 4.32. The van der Waals surface area contributed by atoms with Crippen LogP contribution in [-0.2, 0) is 17.8 Å². The van der Waals surface area contributed by atoms with Crippen LogP contribution in [0.15, 0.2) is 47.3 Å². The standard InChI is InChI=1S/C23H25ClN2O2S/c1-3-5-10-21-25-13-20(26(21)14-16-8-6-7-9-19(16)24)18(4-2)22(23(27)28)17-11-12-29-15-17/h6-9,11-13,15H,3-5,10,14H2,1-2H3,(H,27,28)/b22-18+. The van der Waals surface area contributed by atoms with E-state index in [1.165, 1.54) is 11.3 Å². The molecule has 3 aromatic rings. The number of aliphatic carboxylic acids is 1. The normalized spacial score (nSPS) is 12.1. The average molecular weight is 429 g/mol. The Morgan fingerprint density at radius 1 is 1.24 bits per heavy atom. The molecule has 0 fully saturated rings. The van der Waals surface area contributed by atoms with Gasteiger partial charge in [-0.15, -0.1) is 0 Å². The SMILES string of the molecule is CCCCc1ncc(/C(CC)=C(/C(=O)O)c2ccsc2)n1Cc1ccccc1Cl. The van der Waals surface area contributed by atoms with Gasteiger partial charge in [-0.05, 0) is 52.4 Å². The second-order valence-electron chi connectivity index (χ2n) is 6.87. The van der Waals surface area contributed by atoms with Crippen LogP contribution in [0.25, 0.3) is 11.1 Å².